The summed E-state index contributed by atoms with van der Waals surface area (Å²) in [5, 5.41) is 25.1. The minimum atomic E-state index is -1.73. The number of unbranched alkanes of at least 4 members (excludes halogenated alkanes) is 1. The summed E-state index contributed by atoms with van der Waals surface area (Å²) in [5.74, 6) is -6.72. The van der Waals surface area contributed by atoms with E-state index >= 15 is 0 Å². The smallest absolute Gasteiger partial charge is 0.326 e. The van der Waals surface area contributed by atoms with Crippen molar-refractivity contribution in [1.82, 2.24) is 16.0 Å². The second-order valence-corrected chi connectivity index (χ2v) is 8.37. The van der Waals surface area contributed by atoms with Crippen molar-refractivity contribution in [3.8, 4) is 0 Å². The first-order chi connectivity index (χ1) is 17.4. The summed E-state index contributed by atoms with van der Waals surface area (Å²) in [6, 6.07) is 3.36. The highest BCUT2D eigenvalue weighted by molar-refractivity contribution is 5.96. The van der Waals surface area contributed by atoms with E-state index in [2.05, 4.69) is 10.6 Å². The van der Waals surface area contributed by atoms with Gasteiger partial charge in [-0.05, 0) is 37.8 Å². The summed E-state index contributed by atoms with van der Waals surface area (Å²) in [4.78, 5) is 72.0. The second-order valence-electron chi connectivity index (χ2n) is 8.37. The molecule has 0 aromatic heterocycles. The zero-order valence-corrected chi connectivity index (χ0v) is 20.2. The van der Waals surface area contributed by atoms with Crippen LogP contribution in [-0.4, -0.2) is 76.5 Å². The van der Waals surface area contributed by atoms with Crippen molar-refractivity contribution < 1.29 is 39.0 Å². The second kappa shape index (κ2) is 15.9. The van der Waals surface area contributed by atoms with E-state index in [4.69, 9.17) is 17.2 Å². The third-order valence-corrected chi connectivity index (χ3v) is 5.25. The number of benzene rings is 1. The number of hydrogen-bond acceptors (Lipinski definition) is 8. The number of carboxylic acid groups (broad SMARTS) is 2. The molecule has 14 heteroatoms. The van der Waals surface area contributed by atoms with Crippen LogP contribution in [0.25, 0.3) is 0 Å². The van der Waals surface area contributed by atoms with Crippen LogP contribution >= 0.6 is 0 Å². The fourth-order valence-corrected chi connectivity index (χ4v) is 3.33. The lowest BCUT2D eigenvalue weighted by Gasteiger charge is -2.24. The SMILES string of the molecule is NCCCCC(NC(=O)C(N)Cc1ccccc1)C(=O)NC(CC(=O)O)C(=O)NC(CC(N)=O)C(=O)O. The van der Waals surface area contributed by atoms with Crippen molar-refractivity contribution in [2.45, 2.75) is 62.7 Å². The van der Waals surface area contributed by atoms with Gasteiger partial charge in [0.25, 0.3) is 0 Å². The normalized spacial score (nSPS) is 13.9. The van der Waals surface area contributed by atoms with Crippen molar-refractivity contribution in [2.24, 2.45) is 17.2 Å². The van der Waals surface area contributed by atoms with Crippen molar-refractivity contribution in [1.29, 1.82) is 0 Å². The maximum Gasteiger partial charge on any atom is 0.326 e. The Balaban J connectivity index is 2.98. The first kappa shape index (κ1) is 31.0. The summed E-state index contributed by atoms with van der Waals surface area (Å²) >= 11 is 0. The molecule has 11 N–H and O–H groups in total. The molecule has 1 rings (SSSR count). The first-order valence-electron chi connectivity index (χ1n) is 11.6. The molecule has 4 unspecified atom stereocenters. The Hall–Kier alpha value is -4.04. The van der Waals surface area contributed by atoms with E-state index in [0.717, 1.165) is 5.56 Å². The third kappa shape index (κ3) is 12.0. The van der Waals surface area contributed by atoms with Gasteiger partial charge in [-0.25, -0.2) is 4.79 Å². The molecule has 4 atom stereocenters. The van der Waals surface area contributed by atoms with Crippen LogP contribution in [0.5, 0.6) is 0 Å². The quantitative estimate of drug-likeness (QED) is 0.100. The van der Waals surface area contributed by atoms with Crippen LogP contribution in [-0.2, 0) is 35.2 Å². The number of rotatable bonds is 17. The molecule has 204 valence electrons. The standard InChI is InChI=1S/C23H34N6O8/c24-9-5-4-8-15(27-20(33)14(25)10-13-6-2-1-3-7-13)21(34)28-16(12-19(31)32)22(35)29-17(23(36)37)11-18(26)30/h1-3,6-7,14-17H,4-5,8-12,24-25H2,(H2,26,30)(H,27,33)(H,28,34)(H,29,35)(H,31,32)(H,36,37). The average Bonchev–Trinajstić information content (AvgIpc) is 2.82. The molecular weight excluding hydrogens is 488 g/mol. The summed E-state index contributed by atoms with van der Waals surface area (Å²) in [5.41, 5.74) is 17.3. The van der Waals surface area contributed by atoms with Crippen molar-refractivity contribution in [3.63, 3.8) is 0 Å². The van der Waals surface area contributed by atoms with Gasteiger partial charge in [-0.3, -0.25) is 24.0 Å². The van der Waals surface area contributed by atoms with Crippen LogP contribution in [0.1, 0.15) is 37.7 Å². The third-order valence-electron chi connectivity index (χ3n) is 5.25. The van der Waals surface area contributed by atoms with Gasteiger partial charge in [0.2, 0.25) is 23.6 Å². The molecule has 1 aromatic carbocycles. The summed E-state index contributed by atoms with van der Waals surface area (Å²) < 4.78 is 0. The lowest BCUT2D eigenvalue weighted by atomic mass is 10.0. The number of nitrogens with one attached hydrogen (secondary N) is 3. The Kier molecular flexibility index (Phi) is 13.3. The van der Waals surface area contributed by atoms with Gasteiger partial charge in [-0.2, -0.15) is 0 Å². The van der Waals surface area contributed by atoms with E-state index in [0.29, 0.717) is 19.4 Å². The van der Waals surface area contributed by atoms with Gasteiger partial charge in [0.05, 0.1) is 18.9 Å². The fraction of sp³-hybridized carbons (Fsp3) is 0.478. The number of carbonyl (C=O) groups is 6. The van der Waals surface area contributed by atoms with Gasteiger partial charge in [-0.15, -0.1) is 0 Å². The first-order valence-corrected chi connectivity index (χ1v) is 11.6. The molecule has 1 aromatic rings. The Morgan fingerprint density at radius 3 is 1.89 bits per heavy atom. The maximum absolute atomic E-state index is 13.0. The minimum Gasteiger partial charge on any atom is -0.481 e. The molecule has 0 spiro atoms. The van der Waals surface area contributed by atoms with Crippen LogP contribution in [0.3, 0.4) is 0 Å². The van der Waals surface area contributed by atoms with E-state index < -0.39 is 72.6 Å². The Labute approximate surface area is 213 Å². The number of nitrogens with two attached hydrogens (primary N) is 3. The maximum atomic E-state index is 13.0. The summed E-state index contributed by atoms with van der Waals surface area (Å²) in [6.45, 7) is 0.330. The molecule has 0 aliphatic heterocycles. The van der Waals surface area contributed by atoms with Crippen molar-refractivity contribution in [3.05, 3.63) is 35.9 Å². The molecule has 14 nitrogen and oxygen atoms in total. The lowest BCUT2D eigenvalue weighted by Crippen LogP contribution is -2.57. The van der Waals surface area contributed by atoms with Gasteiger partial charge in [0.15, 0.2) is 0 Å². The molecule has 0 fully saturated rings. The number of aliphatic carboxylic acids is 2. The molecule has 0 aliphatic rings. The highest BCUT2D eigenvalue weighted by atomic mass is 16.4. The van der Waals surface area contributed by atoms with Crippen LogP contribution in [0.15, 0.2) is 30.3 Å². The Morgan fingerprint density at radius 2 is 1.35 bits per heavy atom. The van der Waals surface area contributed by atoms with E-state index in [-0.39, 0.29) is 12.8 Å². The molecule has 37 heavy (non-hydrogen) atoms. The molecule has 0 saturated carbocycles. The topological polar surface area (TPSA) is 257 Å². The number of primary amides is 1. The fourth-order valence-electron chi connectivity index (χ4n) is 3.33. The molecular formula is C23H34N6O8. The van der Waals surface area contributed by atoms with Crippen molar-refractivity contribution in [2.75, 3.05) is 6.54 Å². The van der Waals surface area contributed by atoms with E-state index in [1.54, 1.807) is 24.3 Å². The molecule has 0 radical (unpaired) electrons. The van der Waals surface area contributed by atoms with Crippen LogP contribution in [0.4, 0.5) is 0 Å². The van der Waals surface area contributed by atoms with E-state index in [9.17, 15) is 39.0 Å². The molecule has 0 aliphatic carbocycles. The average molecular weight is 523 g/mol. The lowest BCUT2D eigenvalue weighted by molar-refractivity contribution is -0.144. The molecule has 0 bridgehead atoms. The van der Waals surface area contributed by atoms with Crippen molar-refractivity contribution >= 4 is 35.6 Å². The monoisotopic (exact) mass is 522 g/mol. The predicted octanol–water partition coefficient (Wildman–Crippen LogP) is -2.43. The summed E-state index contributed by atoms with van der Waals surface area (Å²) in [6.07, 6.45) is -0.359. The molecule has 0 saturated heterocycles. The van der Waals surface area contributed by atoms with Gasteiger partial charge in [0, 0.05) is 0 Å². The minimum absolute atomic E-state index is 0.119. The number of carboxylic acids is 2. The number of amides is 4. The van der Waals surface area contributed by atoms with E-state index in [1.165, 1.54) is 0 Å². The van der Waals surface area contributed by atoms with Gasteiger partial charge in [-0.1, -0.05) is 30.3 Å². The summed E-state index contributed by atoms with van der Waals surface area (Å²) in [7, 11) is 0. The number of hydrogen-bond donors (Lipinski definition) is 8. The van der Waals surface area contributed by atoms with E-state index in [1.807, 2.05) is 11.4 Å². The zero-order chi connectivity index (χ0) is 28.0. The van der Waals surface area contributed by atoms with Gasteiger partial charge < -0.3 is 43.4 Å². The zero-order valence-electron chi connectivity index (χ0n) is 20.2. The predicted molar refractivity (Wildman–Crippen MR) is 131 cm³/mol. The van der Waals surface area contributed by atoms with Crippen LogP contribution < -0.4 is 33.2 Å². The van der Waals surface area contributed by atoms with Gasteiger partial charge in [0.1, 0.15) is 18.1 Å². The molecule has 4 amide bonds. The highest BCUT2D eigenvalue weighted by Crippen LogP contribution is 2.06. The van der Waals surface area contributed by atoms with Crippen LogP contribution in [0, 0.1) is 0 Å². The largest absolute Gasteiger partial charge is 0.481 e. The number of carbonyl (C=O) groups excluding carboxylic acids is 4. The molecule has 0 heterocycles. The Bertz CT molecular complexity index is 958. The van der Waals surface area contributed by atoms with Gasteiger partial charge >= 0.3 is 11.9 Å². The van der Waals surface area contributed by atoms with Crippen LogP contribution in [0.2, 0.25) is 0 Å². The highest BCUT2D eigenvalue weighted by Gasteiger charge is 2.32. The Morgan fingerprint density at radius 1 is 0.784 bits per heavy atom.